The first-order chi connectivity index (χ1) is 13.5. The van der Waals surface area contributed by atoms with Crippen LogP contribution in [-0.2, 0) is 11.4 Å². The number of carbonyl (C=O) groups excluding carboxylic acids is 2. The van der Waals surface area contributed by atoms with E-state index < -0.39 is 5.91 Å². The molecule has 3 rings (SSSR count). The molecule has 28 heavy (non-hydrogen) atoms. The van der Waals surface area contributed by atoms with Gasteiger partial charge in [0.25, 0.3) is 5.91 Å². The minimum absolute atomic E-state index is 0.159. The number of para-hydroxylation sites is 1. The fraction of sp³-hybridized carbons (Fsp3) is 0.105. The summed E-state index contributed by atoms with van der Waals surface area (Å²) in [5, 5.41) is 7.40. The van der Waals surface area contributed by atoms with Crippen molar-refractivity contribution in [2.45, 2.75) is 6.61 Å². The van der Waals surface area contributed by atoms with Gasteiger partial charge in [0.15, 0.2) is 0 Å². The van der Waals surface area contributed by atoms with Gasteiger partial charge < -0.3 is 15.4 Å². The fourth-order valence-electron chi connectivity index (χ4n) is 2.17. The molecule has 2 N–H and O–H groups in total. The van der Waals surface area contributed by atoms with Crippen molar-refractivity contribution >= 4 is 44.8 Å². The predicted molar refractivity (Wildman–Crippen MR) is 108 cm³/mol. The van der Waals surface area contributed by atoms with Crippen LogP contribution in [0.3, 0.4) is 0 Å². The molecule has 2 amide bonds. The molecule has 0 aliphatic heterocycles. The lowest BCUT2D eigenvalue weighted by Crippen LogP contribution is -2.33. The average Bonchev–Trinajstić information content (AvgIpc) is 3.17. The van der Waals surface area contributed by atoms with Crippen molar-refractivity contribution < 1.29 is 18.7 Å². The molecule has 0 aliphatic rings. The minimum atomic E-state index is -0.452. The van der Waals surface area contributed by atoms with Crippen molar-refractivity contribution in [3.05, 3.63) is 74.9 Å². The van der Waals surface area contributed by atoms with Gasteiger partial charge in [0.05, 0.1) is 12.2 Å². The van der Waals surface area contributed by atoms with E-state index in [0.29, 0.717) is 16.4 Å². The number of rotatable bonds is 7. The highest BCUT2D eigenvalue weighted by Gasteiger charge is 2.13. The smallest absolute Gasteiger partial charge is 0.271 e. The fourth-order valence-corrected chi connectivity index (χ4v) is 3.23. The summed E-state index contributed by atoms with van der Waals surface area (Å²) < 4.78 is 19.1. The number of carbonyl (C=O) groups is 2. The van der Waals surface area contributed by atoms with Gasteiger partial charge in [-0.2, -0.15) is 0 Å². The molecule has 9 heteroatoms. The van der Waals surface area contributed by atoms with Crippen LogP contribution in [0.5, 0.6) is 5.75 Å². The monoisotopic (exact) mass is 463 g/mol. The van der Waals surface area contributed by atoms with Crippen LogP contribution in [0.1, 0.15) is 15.5 Å². The molecule has 0 bridgehead atoms. The zero-order valence-electron chi connectivity index (χ0n) is 14.4. The number of ether oxygens (including phenoxy) is 1. The van der Waals surface area contributed by atoms with Gasteiger partial charge in [0.2, 0.25) is 5.91 Å². The van der Waals surface area contributed by atoms with Crippen molar-refractivity contribution in [3.63, 3.8) is 0 Å². The number of amides is 2. The summed E-state index contributed by atoms with van der Waals surface area (Å²) in [4.78, 5) is 28.3. The number of hydrogen-bond donors (Lipinski definition) is 2. The summed E-state index contributed by atoms with van der Waals surface area (Å²) in [7, 11) is 0. The molecule has 2 aromatic carbocycles. The van der Waals surface area contributed by atoms with Gasteiger partial charge in [-0.1, -0.05) is 12.1 Å². The first-order valence-electron chi connectivity index (χ1n) is 8.16. The van der Waals surface area contributed by atoms with Gasteiger partial charge in [0.1, 0.15) is 28.9 Å². The summed E-state index contributed by atoms with van der Waals surface area (Å²) in [6.45, 7) is -0.0226. The van der Waals surface area contributed by atoms with E-state index in [4.69, 9.17) is 4.74 Å². The van der Waals surface area contributed by atoms with Crippen molar-refractivity contribution in [1.29, 1.82) is 0 Å². The molecule has 1 heterocycles. The van der Waals surface area contributed by atoms with Gasteiger partial charge in [0, 0.05) is 9.85 Å². The zero-order chi connectivity index (χ0) is 19.9. The van der Waals surface area contributed by atoms with E-state index in [2.05, 4.69) is 31.5 Å². The third kappa shape index (κ3) is 5.61. The van der Waals surface area contributed by atoms with E-state index in [0.717, 1.165) is 4.47 Å². The molecule has 0 saturated carbocycles. The Morgan fingerprint density at radius 3 is 2.64 bits per heavy atom. The van der Waals surface area contributed by atoms with Gasteiger partial charge in [-0.25, -0.2) is 9.37 Å². The van der Waals surface area contributed by atoms with Crippen LogP contribution in [0.4, 0.5) is 10.1 Å². The van der Waals surface area contributed by atoms with Crippen molar-refractivity contribution in [3.8, 4) is 5.75 Å². The molecular weight excluding hydrogens is 449 g/mol. The molecule has 3 aromatic rings. The van der Waals surface area contributed by atoms with E-state index in [1.54, 1.807) is 23.6 Å². The highest BCUT2D eigenvalue weighted by Crippen LogP contribution is 2.21. The number of anilines is 1. The number of hydrogen-bond acceptors (Lipinski definition) is 5. The molecule has 0 aliphatic carbocycles. The largest absolute Gasteiger partial charge is 0.486 e. The normalized spacial score (nSPS) is 10.4. The Bertz CT molecular complexity index is 979. The van der Waals surface area contributed by atoms with Gasteiger partial charge in [-0.3, -0.25) is 9.59 Å². The Labute approximate surface area is 172 Å². The van der Waals surface area contributed by atoms with Crippen LogP contribution in [0.15, 0.2) is 58.4 Å². The number of halogens is 2. The first kappa shape index (κ1) is 20.0. The lowest BCUT2D eigenvalue weighted by atomic mass is 10.3. The number of benzene rings is 2. The Kier molecular flexibility index (Phi) is 6.72. The van der Waals surface area contributed by atoms with Crippen LogP contribution in [0, 0.1) is 5.82 Å². The van der Waals surface area contributed by atoms with Gasteiger partial charge in [-0.15, -0.1) is 11.3 Å². The Balaban J connectivity index is 1.47. The minimum Gasteiger partial charge on any atom is -0.486 e. The van der Waals surface area contributed by atoms with Crippen LogP contribution in [0.2, 0.25) is 0 Å². The molecule has 0 unspecified atom stereocenters. The lowest BCUT2D eigenvalue weighted by Gasteiger charge is -2.07. The summed E-state index contributed by atoms with van der Waals surface area (Å²) in [5.41, 5.74) is 0.826. The van der Waals surface area contributed by atoms with E-state index in [1.807, 2.05) is 6.07 Å². The van der Waals surface area contributed by atoms with E-state index in [1.165, 1.54) is 35.6 Å². The standard InChI is InChI=1S/C19H15BrFN3O3S/c20-14-3-1-2-4-15(14)23-17(25)9-22-19(26)16-11-28-18(24-16)10-27-13-7-5-12(21)6-8-13/h1-8,11H,9-10H2,(H,22,26)(H,23,25). The number of nitrogens with one attached hydrogen (secondary N) is 2. The zero-order valence-corrected chi connectivity index (χ0v) is 16.8. The second-order valence-electron chi connectivity index (χ2n) is 5.58. The SMILES string of the molecule is O=C(CNC(=O)c1csc(COc2ccc(F)cc2)n1)Nc1ccccc1Br. The molecule has 0 fully saturated rings. The van der Waals surface area contributed by atoms with Crippen LogP contribution < -0.4 is 15.4 Å². The van der Waals surface area contributed by atoms with Crippen molar-refractivity contribution in [1.82, 2.24) is 10.3 Å². The maximum Gasteiger partial charge on any atom is 0.271 e. The summed E-state index contributed by atoms with van der Waals surface area (Å²) >= 11 is 4.60. The molecule has 0 spiro atoms. The molecule has 0 radical (unpaired) electrons. The number of thiazole rings is 1. The average molecular weight is 464 g/mol. The molecule has 6 nitrogen and oxygen atoms in total. The topological polar surface area (TPSA) is 80.3 Å². The van der Waals surface area contributed by atoms with E-state index in [-0.39, 0.29) is 30.6 Å². The summed E-state index contributed by atoms with van der Waals surface area (Å²) in [6.07, 6.45) is 0. The summed E-state index contributed by atoms with van der Waals surface area (Å²) in [5.74, 6) is -0.641. The van der Waals surface area contributed by atoms with Crippen LogP contribution in [-0.4, -0.2) is 23.3 Å². The second kappa shape index (κ2) is 9.43. The van der Waals surface area contributed by atoms with Crippen LogP contribution in [0.25, 0.3) is 0 Å². The first-order valence-corrected chi connectivity index (χ1v) is 9.84. The maximum absolute atomic E-state index is 12.9. The molecule has 0 atom stereocenters. The highest BCUT2D eigenvalue weighted by atomic mass is 79.9. The van der Waals surface area contributed by atoms with Gasteiger partial charge in [-0.05, 0) is 52.3 Å². The van der Waals surface area contributed by atoms with E-state index in [9.17, 15) is 14.0 Å². The van der Waals surface area contributed by atoms with E-state index >= 15 is 0 Å². The summed E-state index contributed by atoms with van der Waals surface area (Å²) in [6, 6.07) is 12.8. The lowest BCUT2D eigenvalue weighted by molar-refractivity contribution is -0.115. The molecule has 0 saturated heterocycles. The maximum atomic E-state index is 12.9. The second-order valence-corrected chi connectivity index (χ2v) is 7.38. The van der Waals surface area contributed by atoms with Crippen molar-refractivity contribution in [2.75, 3.05) is 11.9 Å². The number of aromatic nitrogens is 1. The third-order valence-electron chi connectivity index (χ3n) is 3.52. The van der Waals surface area contributed by atoms with Crippen molar-refractivity contribution in [2.24, 2.45) is 0 Å². The quantitative estimate of drug-likeness (QED) is 0.554. The third-order valence-corrected chi connectivity index (χ3v) is 5.03. The Hall–Kier alpha value is -2.78. The Morgan fingerprint density at radius 2 is 1.89 bits per heavy atom. The number of nitrogens with zero attached hydrogens (tertiary/aromatic N) is 1. The van der Waals surface area contributed by atoms with Crippen LogP contribution >= 0.6 is 27.3 Å². The Morgan fingerprint density at radius 1 is 1.14 bits per heavy atom. The highest BCUT2D eigenvalue weighted by molar-refractivity contribution is 9.10. The molecule has 1 aromatic heterocycles. The molecule has 144 valence electrons. The van der Waals surface area contributed by atoms with Gasteiger partial charge >= 0.3 is 0 Å². The predicted octanol–water partition coefficient (Wildman–Crippen LogP) is 3.99. The molecular formula is C19H15BrFN3O3S.